The first-order chi connectivity index (χ1) is 8.65. The van der Waals surface area contributed by atoms with Gasteiger partial charge in [-0.05, 0) is 22.8 Å². The number of imide groups is 1. The first kappa shape index (κ1) is 11.8. The summed E-state index contributed by atoms with van der Waals surface area (Å²) in [4.78, 5) is 38.1. The Labute approximate surface area is 102 Å². The van der Waals surface area contributed by atoms with E-state index in [4.69, 9.17) is 5.53 Å². The second-order valence-electron chi connectivity index (χ2n) is 3.64. The molecule has 90 valence electrons. The molecule has 0 atom stereocenters. The molecule has 1 aromatic carbocycles. The number of amides is 3. The average Bonchev–Trinajstić information content (AvgIpc) is 2.61. The highest BCUT2D eigenvalue weighted by molar-refractivity contribution is 6.21. The maximum atomic E-state index is 11.9. The minimum absolute atomic E-state index is 0.0792. The lowest BCUT2D eigenvalue weighted by atomic mass is 10.1. The molecule has 0 saturated heterocycles. The van der Waals surface area contributed by atoms with Crippen LogP contribution in [0.2, 0.25) is 0 Å². The molecule has 7 nitrogen and oxygen atoms in total. The molecular formula is C11H8N4O3. The van der Waals surface area contributed by atoms with Gasteiger partial charge in [0.25, 0.3) is 11.8 Å². The van der Waals surface area contributed by atoms with Crippen LogP contribution in [0.15, 0.2) is 29.4 Å². The highest BCUT2D eigenvalue weighted by Crippen LogP contribution is 2.22. The van der Waals surface area contributed by atoms with Crippen molar-refractivity contribution in [3.8, 4) is 0 Å². The summed E-state index contributed by atoms with van der Waals surface area (Å²) in [7, 11) is 0. The van der Waals surface area contributed by atoms with E-state index in [0.29, 0.717) is 11.1 Å². The highest BCUT2D eigenvalue weighted by Gasteiger charge is 2.34. The zero-order valence-corrected chi connectivity index (χ0v) is 9.24. The van der Waals surface area contributed by atoms with Crippen LogP contribution < -0.4 is 0 Å². The van der Waals surface area contributed by atoms with Crippen molar-refractivity contribution in [1.29, 1.82) is 0 Å². The Bertz CT molecular complexity index is 555. The maximum Gasteiger partial charge on any atom is 0.261 e. The predicted octanol–water partition coefficient (Wildman–Crippen LogP) is 1.51. The Morgan fingerprint density at radius 3 is 2.28 bits per heavy atom. The van der Waals surface area contributed by atoms with E-state index in [1.807, 2.05) is 0 Å². The molecule has 0 fully saturated rings. The molecule has 7 heteroatoms. The summed E-state index contributed by atoms with van der Waals surface area (Å²) in [6, 6.07) is 6.45. The number of carbonyl (C=O) groups is 3. The van der Waals surface area contributed by atoms with Gasteiger partial charge in [0.2, 0.25) is 5.91 Å². The third-order valence-electron chi connectivity index (χ3n) is 2.58. The summed E-state index contributed by atoms with van der Waals surface area (Å²) in [5, 5.41) is 2.88. The van der Waals surface area contributed by atoms with Crippen molar-refractivity contribution in [1.82, 2.24) is 4.90 Å². The van der Waals surface area contributed by atoms with Crippen LogP contribution in [-0.4, -0.2) is 29.2 Å². The van der Waals surface area contributed by atoms with Gasteiger partial charge in [-0.1, -0.05) is 12.1 Å². The number of hydrogen-bond donors (Lipinski definition) is 0. The van der Waals surface area contributed by atoms with Crippen LogP contribution in [0.5, 0.6) is 0 Å². The first-order valence-corrected chi connectivity index (χ1v) is 5.18. The molecule has 0 radical (unpaired) electrons. The van der Waals surface area contributed by atoms with Crippen LogP contribution in [0.1, 0.15) is 27.1 Å². The molecule has 3 amide bonds. The zero-order chi connectivity index (χ0) is 13.1. The number of hydrogen-bond acceptors (Lipinski definition) is 3. The third-order valence-corrected chi connectivity index (χ3v) is 2.58. The van der Waals surface area contributed by atoms with E-state index in [9.17, 15) is 14.4 Å². The van der Waals surface area contributed by atoms with Gasteiger partial charge in [-0.15, -0.1) is 0 Å². The molecule has 0 saturated carbocycles. The molecule has 0 N–H and O–H groups in total. The molecule has 1 heterocycles. The monoisotopic (exact) mass is 244 g/mol. The van der Waals surface area contributed by atoms with Crippen molar-refractivity contribution in [2.75, 3.05) is 6.54 Å². The van der Waals surface area contributed by atoms with Crippen molar-refractivity contribution < 1.29 is 14.4 Å². The fraction of sp³-hybridized carbons (Fsp3) is 0.182. The first-order valence-electron chi connectivity index (χ1n) is 5.18. The molecule has 0 unspecified atom stereocenters. The lowest BCUT2D eigenvalue weighted by Gasteiger charge is -2.11. The average molecular weight is 244 g/mol. The minimum Gasteiger partial charge on any atom is -0.293 e. The SMILES string of the molecule is [N-]=[N+]=NC(=O)CCN1C(=O)c2ccccc2C1=O. The summed E-state index contributed by atoms with van der Waals surface area (Å²) >= 11 is 0. The number of rotatable bonds is 3. The number of carbonyl (C=O) groups excluding carboxylic acids is 3. The van der Waals surface area contributed by atoms with Gasteiger partial charge in [-0.2, -0.15) is 0 Å². The van der Waals surface area contributed by atoms with Crippen LogP contribution >= 0.6 is 0 Å². The molecule has 1 aromatic rings. The van der Waals surface area contributed by atoms with Gasteiger partial charge >= 0.3 is 0 Å². The van der Waals surface area contributed by atoms with E-state index in [2.05, 4.69) is 10.0 Å². The van der Waals surface area contributed by atoms with Gasteiger partial charge in [0.05, 0.1) is 11.1 Å². The Morgan fingerprint density at radius 2 is 1.78 bits per heavy atom. The molecule has 0 aromatic heterocycles. The fourth-order valence-electron chi connectivity index (χ4n) is 1.75. The van der Waals surface area contributed by atoms with E-state index in [1.54, 1.807) is 24.3 Å². The van der Waals surface area contributed by atoms with Gasteiger partial charge in [-0.3, -0.25) is 19.3 Å². The number of benzene rings is 1. The lowest BCUT2D eigenvalue weighted by molar-refractivity contribution is -0.118. The second-order valence-corrected chi connectivity index (χ2v) is 3.64. The van der Waals surface area contributed by atoms with E-state index in [-0.39, 0.29) is 13.0 Å². The van der Waals surface area contributed by atoms with Crippen LogP contribution in [0.3, 0.4) is 0 Å². The van der Waals surface area contributed by atoms with Crippen LogP contribution in [-0.2, 0) is 4.79 Å². The molecule has 0 aliphatic carbocycles. The number of azide groups is 1. The molecule has 18 heavy (non-hydrogen) atoms. The zero-order valence-electron chi connectivity index (χ0n) is 9.24. The fourth-order valence-corrected chi connectivity index (χ4v) is 1.75. The Kier molecular flexibility index (Phi) is 3.07. The van der Waals surface area contributed by atoms with Crippen LogP contribution in [0.25, 0.3) is 10.4 Å². The summed E-state index contributed by atoms with van der Waals surface area (Å²) in [5.41, 5.74) is 8.73. The van der Waals surface area contributed by atoms with E-state index >= 15 is 0 Å². The van der Waals surface area contributed by atoms with Gasteiger partial charge in [0.15, 0.2) is 0 Å². The van der Waals surface area contributed by atoms with Gasteiger partial charge in [-0.25, -0.2) is 0 Å². The van der Waals surface area contributed by atoms with Crippen molar-refractivity contribution in [3.05, 3.63) is 45.8 Å². The normalized spacial score (nSPS) is 13.2. The topological polar surface area (TPSA) is 103 Å². The molecule has 1 aliphatic rings. The third kappa shape index (κ3) is 1.94. The van der Waals surface area contributed by atoms with E-state index in [0.717, 1.165) is 4.90 Å². The molecule has 2 rings (SSSR count). The molecule has 0 spiro atoms. The van der Waals surface area contributed by atoms with Crippen molar-refractivity contribution in [2.24, 2.45) is 5.11 Å². The lowest BCUT2D eigenvalue weighted by Crippen LogP contribution is -2.31. The molecule has 1 aliphatic heterocycles. The van der Waals surface area contributed by atoms with Gasteiger partial charge in [0, 0.05) is 17.9 Å². The Balaban J connectivity index is 2.14. The summed E-state index contributed by atoms with van der Waals surface area (Å²) in [6.07, 6.45) is -0.171. The Morgan fingerprint density at radius 1 is 1.22 bits per heavy atom. The van der Waals surface area contributed by atoms with Crippen molar-refractivity contribution in [2.45, 2.75) is 6.42 Å². The smallest absolute Gasteiger partial charge is 0.261 e. The van der Waals surface area contributed by atoms with Gasteiger partial charge in [0.1, 0.15) is 0 Å². The van der Waals surface area contributed by atoms with Crippen molar-refractivity contribution in [3.63, 3.8) is 0 Å². The minimum atomic E-state index is -0.700. The standard InChI is InChI=1S/C11H8N4O3/c12-14-13-9(16)5-6-15-10(17)7-3-1-2-4-8(7)11(15)18/h1-4H,5-6H2. The summed E-state index contributed by atoms with van der Waals surface area (Å²) < 4.78 is 0. The predicted molar refractivity (Wildman–Crippen MR) is 60.6 cm³/mol. The van der Waals surface area contributed by atoms with Gasteiger partial charge < -0.3 is 0 Å². The van der Waals surface area contributed by atoms with Crippen LogP contribution in [0, 0.1) is 0 Å². The van der Waals surface area contributed by atoms with Crippen LogP contribution in [0.4, 0.5) is 0 Å². The summed E-state index contributed by atoms with van der Waals surface area (Å²) in [5.74, 6) is -1.55. The van der Waals surface area contributed by atoms with E-state index in [1.165, 1.54) is 0 Å². The number of nitrogens with zero attached hydrogens (tertiary/aromatic N) is 4. The second kappa shape index (κ2) is 4.68. The molecule has 0 bridgehead atoms. The Hall–Kier alpha value is -2.66. The van der Waals surface area contributed by atoms with E-state index < -0.39 is 17.7 Å². The highest BCUT2D eigenvalue weighted by atomic mass is 16.2. The number of fused-ring (bicyclic) bond motifs is 1. The quantitative estimate of drug-likeness (QED) is 0.348. The van der Waals surface area contributed by atoms with Crippen molar-refractivity contribution >= 4 is 17.7 Å². The molecular weight excluding hydrogens is 236 g/mol. The maximum absolute atomic E-state index is 11.9. The largest absolute Gasteiger partial charge is 0.293 e. The summed E-state index contributed by atoms with van der Waals surface area (Å²) in [6.45, 7) is -0.0792.